The summed E-state index contributed by atoms with van der Waals surface area (Å²) in [6.45, 7) is 2.54. The molecule has 1 aromatic heterocycles. The Bertz CT molecular complexity index is 278. The zero-order valence-electron chi connectivity index (χ0n) is 7.46. The average molecular weight is 202 g/mol. The van der Waals surface area contributed by atoms with Gasteiger partial charge in [0.2, 0.25) is 0 Å². The van der Waals surface area contributed by atoms with Crippen molar-refractivity contribution in [2.45, 2.75) is 20.0 Å². The first-order chi connectivity index (χ1) is 6.27. The number of hydrogen-bond acceptors (Lipinski definition) is 3. The van der Waals surface area contributed by atoms with E-state index in [9.17, 15) is 0 Å². The molecule has 0 aliphatic carbocycles. The van der Waals surface area contributed by atoms with E-state index in [0.717, 1.165) is 6.42 Å². The number of aromatic nitrogens is 1. The molecule has 0 bridgehead atoms. The lowest BCUT2D eigenvalue weighted by Gasteiger charge is -2.06. The van der Waals surface area contributed by atoms with Crippen LogP contribution in [0.3, 0.4) is 0 Å². The third-order valence-corrected chi connectivity index (χ3v) is 1.77. The van der Waals surface area contributed by atoms with Gasteiger partial charge in [-0.2, -0.15) is 0 Å². The van der Waals surface area contributed by atoms with Gasteiger partial charge >= 0.3 is 0 Å². The van der Waals surface area contributed by atoms with Gasteiger partial charge < -0.3 is 9.84 Å². The second-order valence-electron chi connectivity index (χ2n) is 2.60. The summed E-state index contributed by atoms with van der Waals surface area (Å²) < 4.78 is 5.31. The van der Waals surface area contributed by atoms with E-state index in [0.29, 0.717) is 23.2 Å². The fraction of sp³-hybridized carbons (Fsp3) is 0.444. The largest absolute Gasteiger partial charge is 0.490 e. The second-order valence-corrected chi connectivity index (χ2v) is 2.96. The molecule has 0 saturated heterocycles. The van der Waals surface area contributed by atoms with E-state index < -0.39 is 0 Å². The van der Waals surface area contributed by atoms with Gasteiger partial charge in [0.15, 0.2) is 10.9 Å². The molecule has 0 aliphatic heterocycles. The minimum Gasteiger partial charge on any atom is -0.490 e. The van der Waals surface area contributed by atoms with Gasteiger partial charge in [0, 0.05) is 0 Å². The Morgan fingerprint density at radius 2 is 2.31 bits per heavy atom. The maximum absolute atomic E-state index is 8.77. The number of hydrogen-bond donors (Lipinski definition) is 1. The standard InChI is InChI=1S/C9H12ClNO2/c1-2-5-13-8-4-3-7(6-12)11-9(8)10/h3-4,12H,2,5-6H2,1H3. The summed E-state index contributed by atoms with van der Waals surface area (Å²) >= 11 is 5.80. The maximum atomic E-state index is 8.77. The van der Waals surface area contributed by atoms with Crippen LogP contribution in [0.15, 0.2) is 12.1 Å². The van der Waals surface area contributed by atoms with E-state index in [1.165, 1.54) is 0 Å². The maximum Gasteiger partial charge on any atom is 0.171 e. The monoisotopic (exact) mass is 201 g/mol. The van der Waals surface area contributed by atoms with Gasteiger partial charge in [-0.15, -0.1) is 0 Å². The summed E-state index contributed by atoms with van der Waals surface area (Å²) in [5, 5.41) is 9.07. The third kappa shape index (κ3) is 2.86. The average Bonchev–Trinajstić information content (AvgIpc) is 2.16. The fourth-order valence-electron chi connectivity index (χ4n) is 0.867. The van der Waals surface area contributed by atoms with E-state index in [-0.39, 0.29) is 6.61 Å². The van der Waals surface area contributed by atoms with E-state index in [4.69, 9.17) is 21.4 Å². The minimum absolute atomic E-state index is 0.103. The number of halogens is 1. The van der Waals surface area contributed by atoms with E-state index in [1.54, 1.807) is 12.1 Å². The molecule has 1 rings (SSSR count). The van der Waals surface area contributed by atoms with Gasteiger partial charge in [-0.05, 0) is 18.6 Å². The van der Waals surface area contributed by atoms with Gasteiger partial charge in [-0.25, -0.2) is 4.98 Å². The number of rotatable bonds is 4. The molecule has 72 valence electrons. The Labute approximate surface area is 82.3 Å². The molecule has 0 unspecified atom stereocenters. The Morgan fingerprint density at radius 1 is 1.54 bits per heavy atom. The smallest absolute Gasteiger partial charge is 0.171 e. The summed E-state index contributed by atoms with van der Waals surface area (Å²) in [6, 6.07) is 3.41. The highest BCUT2D eigenvalue weighted by Gasteiger charge is 2.03. The molecule has 0 amide bonds. The van der Waals surface area contributed by atoms with Crippen LogP contribution in [0.5, 0.6) is 5.75 Å². The van der Waals surface area contributed by atoms with Crippen LogP contribution in [0.25, 0.3) is 0 Å². The molecule has 13 heavy (non-hydrogen) atoms. The predicted molar refractivity (Wildman–Crippen MR) is 51.0 cm³/mol. The molecule has 1 aromatic rings. The fourth-order valence-corrected chi connectivity index (χ4v) is 1.09. The number of ether oxygens (including phenoxy) is 1. The molecule has 3 nitrogen and oxygen atoms in total. The summed E-state index contributed by atoms with van der Waals surface area (Å²) in [7, 11) is 0. The molecule has 0 fully saturated rings. The third-order valence-electron chi connectivity index (χ3n) is 1.50. The van der Waals surface area contributed by atoms with Crippen molar-refractivity contribution >= 4 is 11.6 Å². The summed E-state index contributed by atoms with van der Waals surface area (Å²) in [6.07, 6.45) is 0.929. The van der Waals surface area contributed by atoms with Gasteiger partial charge in [0.25, 0.3) is 0 Å². The molecule has 0 spiro atoms. The first kappa shape index (κ1) is 10.3. The number of pyridine rings is 1. The lowest BCUT2D eigenvalue weighted by molar-refractivity contribution is 0.275. The molecule has 0 radical (unpaired) electrons. The lowest BCUT2D eigenvalue weighted by atomic mass is 10.3. The lowest BCUT2D eigenvalue weighted by Crippen LogP contribution is -1.98. The second kappa shape index (κ2) is 5.04. The van der Waals surface area contributed by atoms with Gasteiger partial charge in [0.05, 0.1) is 18.9 Å². The molecular formula is C9H12ClNO2. The zero-order valence-corrected chi connectivity index (χ0v) is 8.21. The molecular weight excluding hydrogens is 190 g/mol. The van der Waals surface area contributed by atoms with Crippen LogP contribution in [0, 0.1) is 0 Å². The first-order valence-electron chi connectivity index (χ1n) is 4.17. The molecule has 4 heteroatoms. The van der Waals surface area contributed by atoms with Crippen LogP contribution in [0.4, 0.5) is 0 Å². The van der Waals surface area contributed by atoms with Crippen LogP contribution >= 0.6 is 11.6 Å². The number of nitrogens with zero attached hydrogens (tertiary/aromatic N) is 1. The predicted octanol–water partition coefficient (Wildman–Crippen LogP) is 2.02. The van der Waals surface area contributed by atoms with Crippen molar-refractivity contribution in [2.24, 2.45) is 0 Å². The van der Waals surface area contributed by atoms with Crippen molar-refractivity contribution < 1.29 is 9.84 Å². The van der Waals surface area contributed by atoms with E-state index in [1.807, 2.05) is 6.92 Å². The molecule has 1 N–H and O–H groups in total. The summed E-state index contributed by atoms with van der Waals surface area (Å²) in [4.78, 5) is 3.93. The van der Waals surface area contributed by atoms with Crippen molar-refractivity contribution in [3.05, 3.63) is 23.0 Å². The van der Waals surface area contributed by atoms with Gasteiger partial charge in [-0.3, -0.25) is 0 Å². The van der Waals surface area contributed by atoms with Crippen molar-refractivity contribution in [3.8, 4) is 5.75 Å². The van der Waals surface area contributed by atoms with Crippen molar-refractivity contribution in [3.63, 3.8) is 0 Å². The number of aliphatic hydroxyl groups is 1. The van der Waals surface area contributed by atoms with Crippen molar-refractivity contribution in [1.29, 1.82) is 0 Å². The first-order valence-corrected chi connectivity index (χ1v) is 4.54. The van der Waals surface area contributed by atoms with E-state index in [2.05, 4.69) is 4.98 Å². The normalized spacial score (nSPS) is 10.1. The van der Waals surface area contributed by atoms with Gasteiger partial charge in [0.1, 0.15) is 0 Å². The highest BCUT2D eigenvalue weighted by Crippen LogP contribution is 2.22. The minimum atomic E-state index is -0.103. The van der Waals surface area contributed by atoms with Crippen molar-refractivity contribution in [1.82, 2.24) is 4.98 Å². The Kier molecular flexibility index (Phi) is 3.99. The van der Waals surface area contributed by atoms with Crippen LogP contribution in [0.1, 0.15) is 19.0 Å². The highest BCUT2D eigenvalue weighted by atomic mass is 35.5. The van der Waals surface area contributed by atoms with Crippen LogP contribution in [-0.2, 0) is 6.61 Å². The molecule has 0 atom stereocenters. The van der Waals surface area contributed by atoms with Gasteiger partial charge in [-0.1, -0.05) is 18.5 Å². The summed E-state index contributed by atoms with van der Waals surface area (Å²) in [5.74, 6) is 0.570. The highest BCUT2D eigenvalue weighted by molar-refractivity contribution is 6.30. The molecule has 1 heterocycles. The quantitative estimate of drug-likeness (QED) is 0.758. The molecule has 0 aliphatic rings. The number of aliphatic hydroxyl groups excluding tert-OH is 1. The van der Waals surface area contributed by atoms with Crippen molar-refractivity contribution in [2.75, 3.05) is 6.61 Å². The SMILES string of the molecule is CCCOc1ccc(CO)nc1Cl. The Hall–Kier alpha value is -0.800. The van der Waals surface area contributed by atoms with E-state index >= 15 is 0 Å². The molecule has 0 saturated carbocycles. The van der Waals surface area contributed by atoms with Crippen LogP contribution in [-0.4, -0.2) is 16.7 Å². The topological polar surface area (TPSA) is 42.4 Å². The Balaban J connectivity index is 2.73. The van der Waals surface area contributed by atoms with Crippen LogP contribution in [0.2, 0.25) is 5.15 Å². The van der Waals surface area contributed by atoms with Crippen LogP contribution < -0.4 is 4.74 Å². The molecule has 0 aromatic carbocycles. The summed E-state index contributed by atoms with van der Waals surface area (Å²) in [5.41, 5.74) is 0.550. The zero-order chi connectivity index (χ0) is 9.68. The Morgan fingerprint density at radius 3 is 2.85 bits per heavy atom.